The Bertz CT molecular complexity index is 2940. The van der Waals surface area contributed by atoms with Crippen molar-refractivity contribution in [2.75, 3.05) is 96.3 Å². The normalized spacial score (nSPS) is 26.7. The van der Waals surface area contributed by atoms with Crippen molar-refractivity contribution in [3.05, 3.63) is 220 Å². The van der Waals surface area contributed by atoms with E-state index in [9.17, 15) is 0 Å². The number of hydrogen-bond acceptors (Lipinski definition) is 6. The molecule has 13 rings (SSSR count). The largest absolute Gasteiger partial charge is 3.00 e. The zero-order valence-corrected chi connectivity index (χ0v) is 77.4. The molecule has 10 aliphatic rings. The summed E-state index contributed by atoms with van der Waals surface area (Å²) in [5.74, 6) is 4.46. The molecule has 7 fully saturated rings. The van der Waals surface area contributed by atoms with Crippen molar-refractivity contribution in [2.45, 2.75) is 216 Å². The molecule has 3 aromatic rings. The van der Waals surface area contributed by atoms with E-state index in [1.807, 2.05) is 96.9 Å². The second kappa shape index (κ2) is 45.5. The second-order valence-corrected chi connectivity index (χ2v) is 46.6. The summed E-state index contributed by atoms with van der Waals surface area (Å²) in [5.41, 5.74) is 9.34. The maximum absolute atomic E-state index is 5.56. The maximum Gasteiger partial charge on any atom is 3.00 e. The number of rotatable bonds is 14. The fourth-order valence-corrected chi connectivity index (χ4v) is 30.1. The van der Waals surface area contributed by atoms with Crippen molar-refractivity contribution in [1.82, 2.24) is 14.7 Å². The van der Waals surface area contributed by atoms with Gasteiger partial charge in [-0.05, 0) is 175 Å². The maximum atomic E-state index is 5.56. The van der Waals surface area contributed by atoms with E-state index in [1.165, 1.54) is 146 Å². The fraction of sp³-hybridized carbons (Fsp3) is 0.591. The Hall–Kier alpha value is -1.87. The van der Waals surface area contributed by atoms with Gasteiger partial charge in [0, 0.05) is 18.1 Å². The molecule has 3 saturated heterocycles. The molecule has 4 saturated carbocycles. The first-order valence-corrected chi connectivity index (χ1v) is 47.3. The van der Waals surface area contributed by atoms with Crippen molar-refractivity contribution in [1.29, 1.82) is 0 Å². The van der Waals surface area contributed by atoms with Crippen LogP contribution in [0.2, 0.25) is 55.9 Å². The Morgan fingerprint density at radius 2 is 0.670 bits per heavy atom. The van der Waals surface area contributed by atoms with Crippen molar-refractivity contribution in [3.63, 3.8) is 0 Å². The van der Waals surface area contributed by atoms with Gasteiger partial charge in [-0.25, -0.2) is 0 Å². The van der Waals surface area contributed by atoms with Gasteiger partial charge >= 0.3 is 77.5 Å². The summed E-state index contributed by atoms with van der Waals surface area (Å²) in [5, 5.41) is 0. The molecule has 7 aliphatic carbocycles. The zero-order chi connectivity index (χ0) is 70.2. The molecule has 103 heavy (non-hydrogen) atoms. The molecule has 0 spiro atoms. The number of hydrogen-bond donors (Lipinski definition) is 0. The van der Waals surface area contributed by atoms with Gasteiger partial charge in [0.2, 0.25) is 0 Å². The molecule has 562 valence electrons. The molecule has 12 atom stereocenters. The first kappa shape index (κ1) is 97.2. The molecule has 3 aliphatic heterocycles. The van der Waals surface area contributed by atoms with E-state index in [-0.39, 0.29) is 105 Å². The Kier molecular flexibility index (Phi) is 42.9. The first-order chi connectivity index (χ1) is 46.1. The molecule has 0 amide bonds. The van der Waals surface area contributed by atoms with E-state index in [0.717, 1.165) is 86.9 Å². The third-order valence-electron chi connectivity index (χ3n) is 23.2. The quantitative estimate of drug-likeness (QED) is 0.118. The number of likely N-dealkylation sites (tertiary alicyclic amines) is 3. The van der Waals surface area contributed by atoms with Crippen molar-refractivity contribution >= 4 is 41.8 Å². The van der Waals surface area contributed by atoms with Crippen molar-refractivity contribution in [2.24, 2.45) is 35.5 Å². The summed E-state index contributed by atoms with van der Waals surface area (Å²) in [6, 6.07) is 27.7. The van der Waals surface area contributed by atoms with Crippen molar-refractivity contribution in [3.8, 4) is 0 Å². The minimum Gasteiger partial charge on any atom is -0.662 e. The number of fused-ring (bicyclic) bond motifs is 3. The van der Waals surface area contributed by atoms with E-state index in [1.54, 1.807) is 0 Å². The number of nitrogens with zero attached hydrogens (tertiary/aromatic N) is 9. The fourth-order valence-electron chi connectivity index (χ4n) is 19.0. The minimum atomic E-state index is -1.59. The SMILES string of the molecule is CC(C)(C)[N-][Si](C)(C)C1CC(N2CCCC2)C2C=CC=CC21.CC(C)[N-][Si](C)(C)C1CC(N2CCCC2)C2C=CC=CC21.C[Si](C)([N-]C1CCCCC1)C1CC(N2CCCC2)C2C=CC=CC21.[CH2-]c1ccccc1N(C)C.[CH2-]c1ccccc1N(C)C.[CH2-]c1ccccc1N(C)C.[CH3-].[CH3-].[CH3-].[Sc+3].[Sc+3].[Sc+3]. The molecule has 9 nitrogen and oxygen atoms in total. The summed E-state index contributed by atoms with van der Waals surface area (Å²) in [7, 11) is 7.45. The molecule has 0 bridgehead atoms. The summed E-state index contributed by atoms with van der Waals surface area (Å²) < 4.78 is 0. The number of para-hydroxylation sites is 3. The summed E-state index contributed by atoms with van der Waals surface area (Å²) in [4.78, 5) is 30.7. The van der Waals surface area contributed by atoms with Gasteiger partial charge in [0.1, 0.15) is 0 Å². The van der Waals surface area contributed by atoms with Crippen LogP contribution in [0.5, 0.6) is 0 Å². The Balaban J connectivity index is 0.000000430. The Labute approximate surface area is 695 Å². The van der Waals surface area contributed by atoms with E-state index in [0.29, 0.717) is 12.1 Å². The van der Waals surface area contributed by atoms with E-state index in [4.69, 9.17) is 14.9 Å². The molecule has 3 aromatic carbocycles. The number of allylic oxidation sites excluding steroid dienone is 9. The van der Waals surface area contributed by atoms with Crippen LogP contribution in [-0.4, -0.2) is 157 Å². The number of benzene rings is 3. The molecule has 12 unspecified atom stereocenters. The molecule has 0 aromatic heterocycles. The monoisotopic (exact) mass is 1550 g/mol. The Morgan fingerprint density at radius 1 is 0.398 bits per heavy atom. The second-order valence-electron chi connectivity index (χ2n) is 33.7. The summed E-state index contributed by atoms with van der Waals surface area (Å²) >= 11 is 0. The third-order valence-corrected chi connectivity index (χ3v) is 33.9. The van der Waals surface area contributed by atoms with Gasteiger partial charge in [0.15, 0.2) is 0 Å². The third kappa shape index (κ3) is 27.5. The van der Waals surface area contributed by atoms with Gasteiger partial charge in [-0.15, -0.1) is 35.8 Å². The van der Waals surface area contributed by atoms with Crippen LogP contribution in [0.4, 0.5) is 17.1 Å². The smallest absolute Gasteiger partial charge is 0.662 e. The summed E-state index contributed by atoms with van der Waals surface area (Å²) in [6.45, 7) is 46.1. The molecule has 0 radical (unpaired) electrons. The van der Waals surface area contributed by atoms with E-state index in [2.05, 4.69) is 215 Å². The molecular weight excluding hydrogens is 1400 g/mol. The van der Waals surface area contributed by atoms with E-state index < -0.39 is 24.7 Å². The van der Waals surface area contributed by atoms with Gasteiger partial charge in [-0.1, -0.05) is 274 Å². The van der Waals surface area contributed by atoms with Crippen LogP contribution >= 0.6 is 0 Å². The predicted octanol–water partition coefficient (Wildman–Crippen LogP) is 22.2. The van der Waals surface area contributed by atoms with Crippen LogP contribution in [0.25, 0.3) is 14.9 Å². The zero-order valence-electron chi connectivity index (χ0n) is 69.0. The molecule has 0 N–H and O–H groups in total. The minimum absolute atomic E-state index is 0. The average molecular weight is 1550 g/mol. The molecular formula is C88H144N9Sc3Si3. The molecule has 15 heteroatoms. The van der Waals surface area contributed by atoms with Gasteiger partial charge in [0.05, 0.1) is 0 Å². The molecule has 3 heterocycles. The van der Waals surface area contributed by atoms with Crippen LogP contribution in [0.3, 0.4) is 0 Å². The van der Waals surface area contributed by atoms with Crippen LogP contribution in [0, 0.1) is 78.6 Å². The summed E-state index contributed by atoms with van der Waals surface area (Å²) in [6.07, 6.45) is 48.3. The topological polar surface area (TPSA) is 61.7 Å². The van der Waals surface area contributed by atoms with Gasteiger partial charge < -0.3 is 51.9 Å². The van der Waals surface area contributed by atoms with Crippen LogP contribution in [0.15, 0.2) is 146 Å². The average Bonchev–Trinajstić information content (AvgIpc) is 1.63. The van der Waals surface area contributed by atoms with Gasteiger partial charge in [-0.2, -0.15) is 55.7 Å². The van der Waals surface area contributed by atoms with Gasteiger partial charge in [0.25, 0.3) is 0 Å². The predicted molar refractivity (Wildman–Crippen MR) is 454 cm³/mol. The van der Waals surface area contributed by atoms with Crippen LogP contribution in [0.1, 0.15) is 141 Å². The van der Waals surface area contributed by atoms with Crippen LogP contribution < -0.4 is 14.7 Å². The van der Waals surface area contributed by atoms with Crippen LogP contribution in [-0.2, 0) is 77.5 Å². The van der Waals surface area contributed by atoms with E-state index >= 15 is 0 Å². The number of anilines is 3. The Morgan fingerprint density at radius 3 is 0.932 bits per heavy atom. The first-order valence-electron chi connectivity index (χ1n) is 38.3. The van der Waals surface area contributed by atoms with Crippen molar-refractivity contribution < 1.29 is 77.5 Å². The van der Waals surface area contributed by atoms with Gasteiger partial charge in [-0.3, -0.25) is 14.7 Å². The standard InChI is InChI=1S/C21H35N2Si.C19H33N2Si.C18H31N2Si.3C9H12N.3CH3.3Sc/c1-24(2,22-17-10-4-3-5-11-17)21-16-20(23-14-8-9-15-23)18-12-6-7-13-19(18)21;1-19(2,3)20-22(4,5)18-14-17(21-12-8-9-13-21)15-10-6-7-11-16(15)18;1-14(2)19-21(3,4)18-13-17(20-11-7-8-12-20)15-9-5-6-10-16(15)18;3*1-8-6-4-5-7-9(8)10(2)3;;;;;;/h6-7,12-13,17-21H,3-5,8-11,14-16H2,1-2H3;6-7,10-11,15-18H,8-9,12-14H2,1-5H3;5-6,9-10,14-18H,7-8,11-13H2,1-4H3;3*4-7H,1H2,2-3H3;3*1H3;;;/q9*-1;3*+3.